The summed E-state index contributed by atoms with van der Waals surface area (Å²) in [7, 11) is 0. The molecule has 2 saturated heterocycles. The second kappa shape index (κ2) is 5.68. The van der Waals surface area contributed by atoms with Gasteiger partial charge in [0.2, 0.25) is 0 Å². The van der Waals surface area contributed by atoms with Crippen LogP contribution in [0.4, 0.5) is 0 Å². The Hall–Kier alpha value is -1.80. The van der Waals surface area contributed by atoms with Gasteiger partial charge >= 0.3 is 0 Å². The third kappa shape index (κ3) is 3.20. The van der Waals surface area contributed by atoms with Gasteiger partial charge in [0.25, 0.3) is 23.6 Å². The Morgan fingerprint density at radius 3 is 1.20 bits per heavy atom. The van der Waals surface area contributed by atoms with E-state index in [4.69, 9.17) is 0 Å². The van der Waals surface area contributed by atoms with Crippen LogP contribution in [0.5, 0.6) is 0 Å². The Balaban J connectivity index is 2.02. The van der Waals surface area contributed by atoms with Crippen LogP contribution in [0, 0.1) is 0 Å². The Bertz CT molecular complexity index is 390. The highest BCUT2D eigenvalue weighted by Gasteiger charge is 2.39. The first-order valence-corrected chi connectivity index (χ1v) is 6.71. The zero-order valence-corrected chi connectivity index (χ0v) is 11.6. The fourth-order valence-corrected chi connectivity index (χ4v) is 2.79. The minimum absolute atomic E-state index is 0.00120. The quantitative estimate of drug-likeness (QED) is 0.389. The summed E-state index contributed by atoms with van der Waals surface area (Å²) in [6.45, 7) is 4.84. The van der Waals surface area contributed by atoms with Crippen molar-refractivity contribution in [2.45, 2.75) is 25.9 Å². The molecule has 2 atom stereocenters. The van der Waals surface area contributed by atoms with E-state index in [-0.39, 0.29) is 61.9 Å². The van der Waals surface area contributed by atoms with E-state index >= 15 is 0 Å². The van der Waals surface area contributed by atoms with Crippen molar-refractivity contribution >= 4 is 23.6 Å². The molecular weight excluding hydrogens is 264 g/mol. The summed E-state index contributed by atoms with van der Waals surface area (Å²) in [6, 6.07) is -0.00241. The lowest BCUT2D eigenvalue weighted by Crippen LogP contribution is -3.28. The standard InChI is InChI=1S/C12H18N4O4/c1-7(15-3-9(17)13-10(18)4-15)8(2)16-5-11(19)14-12(20)6-16/h7-8H,3-6H2,1-2H3,(H,13,17,18)(H,14,19,20)/p+2/t7-,8+. The Kier molecular flexibility index (Phi) is 4.15. The molecule has 0 aromatic carbocycles. The zero-order chi connectivity index (χ0) is 14.9. The summed E-state index contributed by atoms with van der Waals surface area (Å²) < 4.78 is 0. The van der Waals surface area contributed by atoms with Crippen molar-refractivity contribution in [3.63, 3.8) is 0 Å². The number of imide groups is 2. The predicted octanol–water partition coefficient (Wildman–Crippen LogP) is -5.15. The molecule has 8 nitrogen and oxygen atoms in total. The van der Waals surface area contributed by atoms with Crippen molar-refractivity contribution in [3.8, 4) is 0 Å². The number of hydrogen-bond donors (Lipinski definition) is 4. The molecule has 2 heterocycles. The fraction of sp³-hybridized carbons (Fsp3) is 0.667. The van der Waals surface area contributed by atoms with E-state index in [1.807, 2.05) is 13.8 Å². The molecule has 20 heavy (non-hydrogen) atoms. The summed E-state index contributed by atoms with van der Waals surface area (Å²) in [4.78, 5) is 47.4. The van der Waals surface area contributed by atoms with Gasteiger partial charge in [0.15, 0.2) is 26.2 Å². The van der Waals surface area contributed by atoms with Gasteiger partial charge in [-0.3, -0.25) is 29.8 Å². The van der Waals surface area contributed by atoms with E-state index in [0.717, 1.165) is 9.80 Å². The van der Waals surface area contributed by atoms with Crippen molar-refractivity contribution in [3.05, 3.63) is 0 Å². The predicted molar refractivity (Wildman–Crippen MR) is 66.6 cm³/mol. The number of piperazine rings is 2. The summed E-state index contributed by atoms with van der Waals surface area (Å²) in [5, 5.41) is 4.55. The number of carbonyl (C=O) groups is 4. The number of rotatable bonds is 3. The van der Waals surface area contributed by atoms with Crippen LogP contribution in [0.15, 0.2) is 0 Å². The first-order valence-electron chi connectivity index (χ1n) is 6.71. The molecule has 0 radical (unpaired) electrons. The highest BCUT2D eigenvalue weighted by atomic mass is 16.2. The molecule has 0 aromatic heterocycles. The van der Waals surface area contributed by atoms with Gasteiger partial charge in [-0.2, -0.15) is 0 Å². The van der Waals surface area contributed by atoms with Crippen LogP contribution >= 0.6 is 0 Å². The Morgan fingerprint density at radius 2 is 0.950 bits per heavy atom. The van der Waals surface area contributed by atoms with E-state index in [0.29, 0.717) is 0 Å². The zero-order valence-electron chi connectivity index (χ0n) is 11.6. The SMILES string of the molecule is C[C@H]([C@H](C)[NH+]1CC(=O)NC(=O)C1)[NH+]1CC(=O)NC(=O)C1. The molecule has 0 spiro atoms. The van der Waals surface area contributed by atoms with Crippen molar-refractivity contribution in [1.82, 2.24) is 10.6 Å². The number of quaternary nitrogens is 2. The van der Waals surface area contributed by atoms with Crippen LogP contribution in [0.3, 0.4) is 0 Å². The van der Waals surface area contributed by atoms with Gasteiger partial charge in [0.1, 0.15) is 12.1 Å². The van der Waals surface area contributed by atoms with Crippen LogP contribution in [0.25, 0.3) is 0 Å². The number of nitrogens with one attached hydrogen (secondary N) is 4. The van der Waals surface area contributed by atoms with E-state index in [9.17, 15) is 19.2 Å². The molecule has 0 aliphatic carbocycles. The van der Waals surface area contributed by atoms with E-state index < -0.39 is 0 Å². The van der Waals surface area contributed by atoms with Gasteiger partial charge in [-0.15, -0.1) is 0 Å². The highest BCUT2D eigenvalue weighted by Crippen LogP contribution is 1.87. The van der Waals surface area contributed by atoms with E-state index in [2.05, 4.69) is 10.6 Å². The molecule has 8 heteroatoms. The van der Waals surface area contributed by atoms with Gasteiger partial charge in [0, 0.05) is 0 Å². The number of hydrogen-bond acceptors (Lipinski definition) is 4. The Labute approximate surface area is 116 Å². The summed E-state index contributed by atoms with van der Waals surface area (Å²) in [6.07, 6.45) is 0. The second-order valence-electron chi connectivity index (χ2n) is 5.54. The normalized spacial score (nSPS) is 25.1. The minimum Gasteiger partial charge on any atom is -0.312 e. The van der Waals surface area contributed by atoms with E-state index in [1.54, 1.807) is 0 Å². The van der Waals surface area contributed by atoms with Crippen LogP contribution in [0.2, 0.25) is 0 Å². The maximum Gasteiger partial charge on any atom is 0.281 e. The third-order valence-corrected chi connectivity index (χ3v) is 4.15. The number of carbonyl (C=O) groups excluding carboxylic acids is 4. The van der Waals surface area contributed by atoms with Crippen molar-refractivity contribution in [1.29, 1.82) is 0 Å². The summed E-state index contributed by atoms with van der Waals surface area (Å²) in [5.74, 6) is -1.12. The first-order chi connectivity index (χ1) is 9.36. The molecule has 2 aliphatic heterocycles. The maximum atomic E-state index is 11.4. The fourth-order valence-electron chi connectivity index (χ4n) is 2.79. The summed E-state index contributed by atoms with van der Waals surface area (Å²) >= 11 is 0. The topological polar surface area (TPSA) is 101 Å². The average Bonchev–Trinajstić information content (AvgIpc) is 2.34. The monoisotopic (exact) mass is 284 g/mol. The van der Waals surface area contributed by atoms with Crippen molar-refractivity contribution in [2.75, 3.05) is 26.2 Å². The van der Waals surface area contributed by atoms with Crippen molar-refractivity contribution in [2.24, 2.45) is 0 Å². The largest absolute Gasteiger partial charge is 0.312 e. The molecule has 2 aliphatic rings. The molecule has 4 N–H and O–H groups in total. The molecular formula is C12H20N4O4+2. The Morgan fingerprint density at radius 1 is 0.700 bits per heavy atom. The maximum absolute atomic E-state index is 11.4. The molecule has 2 fully saturated rings. The highest BCUT2D eigenvalue weighted by molar-refractivity contribution is 5.98. The lowest BCUT2D eigenvalue weighted by atomic mass is 10.1. The van der Waals surface area contributed by atoms with Crippen molar-refractivity contribution < 1.29 is 29.0 Å². The molecule has 110 valence electrons. The third-order valence-electron chi connectivity index (χ3n) is 4.15. The first kappa shape index (κ1) is 14.6. The van der Waals surface area contributed by atoms with Crippen LogP contribution in [-0.2, 0) is 19.2 Å². The van der Waals surface area contributed by atoms with Gasteiger partial charge in [-0.25, -0.2) is 0 Å². The molecule has 4 amide bonds. The van der Waals surface area contributed by atoms with Gasteiger partial charge < -0.3 is 9.80 Å². The lowest BCUT2D eigenvalue weighted by Gasteiger charge is -2.35. The molecule has 0 unspecified atom stereocenters. The van der Waals surface area contributed by atoms with Crippen LogP contribution in [-0.4, -0.2) is 61.9 Å². The molecule has 2 rings (SSSR count). The minimum atomic E-state index is -0.280. The smallest absolute Gasteiger partial charge is 0.281 e. The van der Waals surface area contributed by atoms with Crippen LogP contribution in [0.1, 0.15) is 13.8 Å². The lowest BCUT2D eigenvalue weighted by molar-refractivity contribution is -0.979. The molecule has 0 aromatic rings. The summed E-state index contributed by atoms with van der Waals surface area (Å²) in [5.41, 5.74) is 0. The second-order valence-corrected chi connectivity index (χ2v) is 5.54. The van der Waals surface area contributed by atoms with Gasteiger partial charge in [-0.1, -0.05) is 0 Å². The van der Waals surface area contributed by atoms with Gasteiger partial charge in [-0.05, 0) is 13.8 Å². The molecule has 0 saturated carbocycles. The average molecular weight is 284 g/mol. The van der Waals surface area contributed by atoms with Gasteiger partial charge in [0.05, 0.1) is 0 Å². The number of amides is 4. The molecule has 0 bridgehead atoms. The van der Waals surface area contributed by atoms with Crippen LogP contribution < -0.4 is 20.4 Å². The van der Waals surface area contributed by atoms with E-state index in [1.165, 1.54) is 0 Å².